The summed E-state index contributed by atoms with van der Waals surface area (Å²) in [4.78, 5) is 26.8. The van der Waals surface area contributed by atoms with Crippen LogP contribution in [0.3, 0.4) is 0 Å². The van der Waals surface area contributed by atoms with Gasteiger partial charge in [0.25, 0.3) is 5.91 Å². The highest BCUT2D eigenvalue weighted by atomic mass is 35.5. The number of halogens is 1. The molecule has 2 heterocycles. The van der Waals surface area contributed by atoms with Gasteiger partial charge in [-0.05, 0) is 32.9 Å². The average Bonchev–Trinajstić information content (AvgIpc) is 2.85. The molecule has 0 saturated carbocycles. The highest BCUT2D eigenvalue weighted by molar-refractivity contribution is 6.32. The topological polar surface area (TPSA) is 74.3 Å². The standard InChI is InChI=1S/C19H24ClNO6/c1-11-9-21(10-12(2)26-11)18(22)13(3)27-19(23)14-7-15(20)17-16(8-14)24-5-4-6-25-17/h7-8,11-13H,4-6,9-10H2,1-3H3/t11-,12+,13-/m0/s1. The SMILES string of the molecule is C[C@@H]1CN(C(=O)[C@H](C)OC(=O)c2cc(Cl)c3c(c2)OCCCO3)C[C@H](C)O1. The average molecular weight is 398 g/mol. The van der Waals surface area contributed by atoms with Gasteiger partial charge in [0.2, 0.25) is 0 Å². The third kappa shape index (κ3) is 4.65. The molecular weight excluding hydrogens is 374 g/mol. The maximum Gasteiger partial charge on any atom is 0.339 e. The quantitative estimate of drug-likeness (QED) is 0.730. The zero-order valence-electron chi connectivity index (χ0n) is 15.7. The van der Waals surface area contributed by atoms with E-state index in [1.807, 2.05) is 13.8 Å². The lowest BCUT2D eigenvalue weighted by Crippen LogP contribution is -2.51. The fraction of sp³-hybridized carbons (Fsp3) is 0.579. The van der Waals surface area contributed by atoms with Crippen LogP contribution in [0.4, 0.5) is 0 Å². The van der Waals surface area contributed by atoms with Crippen LogP contribution in [-0.2, 0) is 14.3 Å². The Balaban J connectivity index is 1.68. The molecule has 3 rings (SSSR count). The van der Waals surface area contributed by atoms with Crippen LogP contribution in [0.1, 0.15) is 37.6 Å². The van der Waals surface area contributed by atoms with E-state index in [-0.39, 0.29) is 28.7 Å². The highest BCUT2D eigenvalue weighted by Crippen LogP contribution is 2.38. The first-order valence-electron chi connectivity index (χ1n) is 9.09. The van der Waals surface area contributed by atoms with Crippen molar-refractivity contribution in [2.45, 2.75) is 45.5 Å². The second-order valence-electron chi connectivity index (χ2n) is 6.88. The molecule has 0 unspecified atom stereocenters. The van der Waals surface area contributed by atoms with Crippen LogP contribution >= 0.6 is 11.6 Å². The maximum atomic E-state index is 12.6. The highest BCUT2D eigenvalue weighted by Gasteiger charge is 2.31. The second-order valence-corrected chi connectivity index (χ2v) is 7.29. The van der Waals surface area contributed by atoms with Gasteiger partial charge in [0, 0.05) is 19.5 Å². The molecule has 148 valence electrons. The molecule has 1 aromatic carbocycles. The van der Waals surface area contributed by atoms with Crippen molar-refractivity contribution in [3.63, 3.8) is 0 Å². The zero-order valence-corrected chi connectivity index (χ0v) is 16.5. The molecule has 0 aromatic heterocycles. The van der Waals surface area contributed by atoms with Crippen molar-refractivity contribution < 1.29 is 28.5 Å². The molecule has 3 atom stereocenters. The summed E-state index contributed by atoms with van der Waals surface area (Å²) >= 11 is 6.22. The summed E-state index contributed by atoms with van der Waals surface area (Å²) < 4.78 is 22.1. The van der Waals surface area contributed by atoms with E-state index in [2.05, 4.69) is 0 Å². The summed E-state index contributed by atoms with van der Waals surface area (Å²) in [6.45, 7) is 7.30. The zero-order chi connectivity index (χ0) is 19.6. The molecule has 1 fully saturated rings. The molecule has 0 bridgehead atoms. The van der Waals surface area contributed by atoms with E-state index < -0.39 is 12.1 Å². The van der Waals surface area contributed by atoms with Crippen LogP contribution in [0.15, 0.2) is 12.1 Å². The van der Waals surface area contributed by atoms with E-state index in [0.29, 0.717) is 37.8 Å². The molecule has 1 amide bonds. The number of fused-ring (bicyclic) bond motifs is 1. The summed E-state index contributed by atoms with van der Waals surface area (Å²) in [5.74, 6) is -0.0542. The molecule has 2 aliphatic heterocycles. The summed E-state index contributed by atoms with van der Waals surface area (Å²) in [7, 11) is 0. The number of carbonyl (C=O) groups excluding carboxylic acids is 2. The first-order valence-corrected chi connectivity index (χ1v) is 9.47. The van der Waals surface area contributed by atoms with E-state index in [1.54, 1.807) is 11.8 Å². The lowest BCUT2D eigenvalue weighted by atomic mass is 10.2. The van der Waals surface area contributed by atoms with Gasteiger partial charge in [0.15, 0.2) is 17.6 Å². The predicted molar refractivity (Wildman–Crippen MR) is 98.5 cm³/mol. The first kappa shape index (κ1) is 19.8. The van der Waals surface area contributed by atoms with Crippen molar-refractivity contribution in [2.24, 2.45) is 0 Å². The minimum absolute atomic E-state index is 0.0545. The molecule has 0 spiro atoms. The van der Waals surface area contributed by atoms with E-state index >= 15 is 0 Å². The summed E-state index contributed by atoms with van der Waals surface area (Å²) in [6.07, 6.45) is -0.292. The molecular formula is C19H24ClNO6. The van der Waals surface area contributed by atoms with Crippen LogP contribution in [0.25, 0.3) is 0 Å². The summed E-state index contributed by atoms with van der Waals surface area (Å²) in [5.41, 5.74) is 0.215. The summed E-state index contributed by atoms with van der Waals surface area (Å²) in [6, 6.07) is 3.00. The van der Waals surface area contributed by atoms with Gasteiger partial charge < -0.3 is 23.8 Å². The Morgan fingerprint density at radius 1 is 1.19 bits per heavy atom. The lowest BCUT2D eigenvalue weighted by Gasteiger charge is -2.36. The van der Waals surface area contributed by atoms with Crippen LogP contribution < -0.4 is 9.47 Å². The molecule has 0 N–H and O–H groups in total. The van der Waals surface area contributed by atoms with E-state index in [4.69, 9.17) is 30.5 Å². The largest absolute Gasteiger partial charge is 0.489 e. The smallest absolute Gasteiger partial charge is 0.339 e. The minimum Gasteiger partial charge on any atom is -0.489 e. The number of esters is 1. The van der Waals surface area contributed by atoms with Crippen molar-refractivity contribution in [1.29, 1.82) is 0 Å². The predicted octanol–water partition coefficient (Wildman–Crippen LogP) is 2.68. The van der Waals surface area contributed by atoms with Crippen LogP contribution in [0.5, 0.6) is 11.5 Å². The van der Waals surface area contributed by atoms with Crippen molar-refractivity contribution in [3.05, 3.63) is 22.7 Å². The summed E-state index contributed by atoms with van der Waals surface area (Å²) in [5, 5.41) is 0.274. The number of rotatable bonds is 3. The Morgan fingerprint density at radius 2 is 1.85 bits per heavy atom. The molecule has 2 aliphatic rings. The van der Waals surface area contributed by atoms with Crippen LogP contribution in [-0.4, -0.2) is 61.4 Å². The van der Waals surface area contributed by atoms with Crippen molar-refractivity contribution >= 4 is 23.5 Å². The van der Waals surface area contributed by atoms with Crippen molar-refractivity contribution in [2.75, 3.05) is 26.3 Å². The van der Waals surface area contributed by atoms with Gasteiger partial charge in [-0.15, -0.1) is 0 Å². The Bertz CT molecular complexity index is 714. The van der Waals surface area contributed by atoms with E-state index in [9.17, 15) is 9.59 Å². The molecule has 1 saturated heterocycles. The van der Waals surface area contributed by atoms with Gasteiger partial charge in [0.1, 0.15) is 0 Å². The Kier molecular flexibility index (Phi) is 6.11. The third-order valence-corrected chi connectivity index (χ3v) is 4.68. The number of benzene rings is 1. The molecule has 1 aromatic rings. The fourth-order valence-corrected chi connectivity index (χ4v) is 3.51. The third-order valence-electron chi connectivity index (χ3n) is 4.40. The Labute approximate surface area is 163 Å². The molecule has 7 nitrogen and oxygen atoms in total. The van der Waals surface area contributed by atoms with Gasteiger partial charge in [-0.3, -0.25) is 4.79 Å². The fourth-order valence-electron chi connectivity index (χ4n) is 3.24. The van der Waals surface area contributed by atoms with E-state index in [1.165, 1.54) is 12.1 Å². The number of ether oxygens (including phenoxy) is 4. The number of nitrogens with zero attached hydrogens (tertiary/aromatic N) is 1. The van der Waals surface area contributed by atoms with Gasteiger partial charge in [-0.25, -0.2) is 4.79 Å². The normalized spacial score (nSPS) is 23.3. The van der Waals surface area contributed by atoms with Gasteiger partial charge in [-0.1, -0.05) is 11.6 Å². The van der Waals surface area contributed by atoms with Gasteiger partial charge in [-0.2, -0.15) is 0 Å². The number of carbonyl (C=O) groups is 2. The first-order chi connectivity index (χ1) is 12.8. The monoisotopic (exact) mass is 397 g/mol. The molecule has 0 aliphatic carbocycles. The lowest BCUT2D eigenvalue weighted by molar-refractivity contribution is -0.151. The number of hydrogen-bond donors (Lipinski definition) is 0. The van der Waals surface area contributed by atoms with E-state index in [0.717, 1.165) is 6.42 Å². The van der Waals surface area contributed by atoms with Gasteiger partial charge >= 0.3 is 5.97 Å². The van der Waals surface area contributed by atoms with Crippen molar-refractivity contribution in [3.8, 4) is 11.5 Å². The number of hydrogen-bond acceptors (Lipinski definition) is 6. The van der Waals surface area contributed by atoms with Gasteiger partial charge in [0.05, 0.1) is 36.0 Å². The minimum atomic E-state index is -0.912. The molecule has 8 heteroatoms. The van der Waals surface area contributed by atoms with Crippen molar-refractivity contribution in [1.82, 2.24) is 4.90 Å². The Hall–Kier alpha value is -1.99. The number of morpholine rings is 1. The van der Waals surface area contributed by atoms with Crippen LogP contribution in [0.2, 0.25) is 5.02 Å². The molecule has 0 radical (unpaired) electrons. The number of amides is 1. The molecule has 27 heavy (non-hydrogen) atoms. The van der Waals surface area contributed by atoms with Crippen LogP contribution in [0, 0.1) is 0 Å². The Morgan fingerprint density at radius 3 is 2.56 bits per heavy atom. The second kappa shape index (κ2) is 8.35. The maximum absolute atomic E-state index is 12.6.